The maximum atomic E-state index is 12.5. The van der Waals surface area contributed by atoms with E-state index in [1.54, 1.807) is 6.92 Å². The van der Waals surface area contributed by atoms with Gasteiger partial charge in [0.15, 0.2) is 5.78 Å². The molecule has 0 radical (unpaired) electrons. The Morgan fingerprint density at radius 2 is 2.04 bits per heavy atom. The summed E-state index contributed by atoms with van der Waals surface area (Å²) in [5.41, 5.74) is 1.79. The molecule has 0 aromatic heterocycles. The summed E-state index contributed by atoms with van der Waals surface area (Å²) in [6.45, 7) is 6.68. The van der Waals surface area contributed by atoms with Gasteiger partial charge < -0.3 is 5.11 Å². The van der Waals surface area contributed by atoms with E-state index >= 15 is 0 Å². The fraction of sp³-hybridized carbons (Fsp3) is 0.857. The van der Waals surface area contributed by atoms with E-state index in [2.05, 4.69) is 25.2 Å². The van der Waals surface area contributed by atoms with Gasteiger partial charge in [0.1, 0.15) is 0 Å². The Hall–Kier alpha value is -0.670. The molecule has 2 N–H and O–H groups in total. The van der Waals surface area contributed by atoms with Crippen LogP contribution in [-0.4, -0.2) is 28.6 Å². The first-order valence-corrected chi connectivity index (χ1v) is 9.99. The standard InChI is InChI=1S/C21H31NO2/c1-12(23)21-18(22-21)11-17-15-5-4-13-10-14(24)6-8-19(13,2)16(15)7-9-20(17,21)3/h4,14-18,22,24H,5-11H2,1-3H3/t14-,15+,16-,17+,18+,19-,20-,21+/m0/s1. The van der Waals surface area contributed by atoms with Crippen molar-refractivity contribution in [3.63, 3.8) is 0 Å². The number of hydrogen-bond donors (Lipinski definition) is 2. The number of hydrogen-bond acceptors (Lipinski definition) is 3. The zero-order valence-electron chi connectivity index (χ0n) is 15.3. The number of rotatable bonds is 1. The molecule has 0 spiro atoms. The molecule has 0 aromatic rings. The highest BCUT2D eigenvalue weighted by Gasteiger charge is 2.77. The maximum Gasteiger partial charge on any atom is 0.151 e. The molecule has 1 aliphatic heterocycles. The number of aliphatic hydroxyl groups is 1. The van der Waals surface area contributed by atoms with Gasteiger partial charge in [-0.3, -0.25) is 10.1 Å². The van der Waals surface area contributed by atoms with E-state index < -0.39 is 0 Å². The Morgan fingerprint density at radius 1 is 1.25 bits per heavy atom. The van der Waals surface area contributed by atoms with Crippen molar-refractivity contribution in [3.8, 4) is 0 Å². The Kier molecular flexibility index (Phi) is 2.94. The van der Waals surface area contributed by atoms with E-state index in [0.29, 0.717) is 23.2 Å². The largest absolute Gasteiger partial charge is 0.393 e. The molecule has 3 nitrogen and oxygen atoms in total. The minimum absolute atomic E-state index is 0.126. The average Bonchev–Trinajstić information content (AvgIpc) is 3.21. The van der Waals surface area contributed by atoms with Gasteiger partial charge in [0.2, 0.25) is 0 Å². The molecule has 0 unspecified atom stereocenters. The third kappa shape index (κ3) is 1.60. The lowest BCUT2D eigenvalue weighted by Gasteiger charge is -2.58. The van der Waals surface area contributed by atoms with Gasteiger partial charge >= 0.3 is 0 Å². The molecule has 0 amide bonds. The molecule has 0 bridgehead atoms. The van der Waals surface area contributed by atoms with Gasteiger partial charge in [-0.15, -0.1) is 0 Å². The highest BCUT2D eigenvalue weighted by Crippen LogP contribution is 2.70. The van der Waals surface area contributed by atoms with Gasteiger partial charge in [-0.1, -0.05) is 25.5 Å². The lowest BCUT2D eigenvalue weighted by Crippen LogP contribution is -2.55. The summed E-state index contributed by atoms with van der Waals surface area (Å²) in [4.78, 5) is 12.5. The Morgan fingerprint density at radius 3 is 2.79 bits per heavy atom. The molecule has 1 saturated heterocycles. The van der Waals surface area contributed by atoms with Crippen molar-refractivity contribution >= 4 is 5.78 Å². The van der Waals surface area contributed by atoms with Crippen LogP contribution in [0.1, 0.15) is 65.7 Å². The minimum Gasteiger partial charge on any atom is -0.393 e. The van der Waals surface area contributed by atoms with Gasteiger partial charge in [0, 0.05) is 6.04 Å². The van der Waals surface area contributed by atoms with Crippen molar-refractivity contribution in [1.29, 1.82) is 0 Å². The molecule has 24 heavy (non-hydrogen) atoms. The maximum absolute atomic E-state index is 12.5. The monoisotopic (exact) mass is 329 g/mol. The molecule has 132 valence electrons. The summed E-state index contributed by atoms with van der Waals surface area (Å²) in [5.74, 6) is 2.55. The normalized spacial score (nSPS) is 58.0. The van der Waals surface area contributed by atoms with Crippen LogP contribution in [0.15, 0.2) is 11.6 Å². The fourth-order valence-corrected chi connectivity index (χ4v) is 7.92. The third-order valence-electron chi connectivity index (χ3n) is 9.25. The zero-order valence-corrected chi connectivity index (χ0v) is 15.3. The number of allylic oxidation sites excluding steroid dienone is 1. The van der Waals surface area contributed by atoms with E-state index in [-0.39, 0.29) is 17.1 Å². The van der Waals surface area contributed by atoms with Crippen molar-refractivity contribution in [2.45, 2.75) is 83.4 Å². The van der Waals surface area contributed by atoms with Gasteiger partial charge in [-0.05, 0) is 80.5 Å². The van der Waals surface area contributed by atoms with Crippen LogP contribution in [-0.2, 0) is 4.79 Å². The Balaban J connectivity index is 1.51. The predicted octanol–water partition coefficient (Wildman–Crippen LogP) is 3.22. The molecule has 4 aliphatic carbocycles. The van der Waals surface area contributed by atoms with Gasteiger partial charge in [-0.25, -0.2) is 0 Å². The second-order valence-electron chi connectivity index (χ2n) is 9.91. The van der Waals surface area contributed by atoms with Crippen LogP contribution >= 0.6 is 0 Å². The Bertz CT molecular complexity index is 642. The third-order valence-corrected chi connectivity index (χ3v) is 9.25. The number of carbonyl (C=O) groups is 1. The smallest absolute Gasteiger partial charge is 0.151 e. The molecule has 1 heterocycles. The molecule has 0 aromatic carbocycles. The predicted molar refractivity (Wildman–Crippen MR) is 93.4 cm³/mol. The highest BCUT2D eigenvalue weighted by molar-refractivity contribution is 5.92. The van der Waals surface area contributed by atoms with Gasteiger partial charge in [0.25, 0.3) is 0 Å². The van der Waals surface area contributed by atoms with Crippen molar-refractivity contribution in [1.82, 2.24) is 5.32 Å². The summed E-state index contributed by atoms with van der Waals surface area (Å²) in [6, 6.07) is 0.440. The first-order chi connectivity index (χ1) is 11.3. The van der Waals surface area contributed by atoms with Crippen LogP contribution in [0.2, 0.25) is 0 Å². The summed E-state index contributed by atoms with van der Waals surface area (Å²) in [7, 11) is 0. The number of fused-ring (bicyclic) bond motifs is 7. The van der Waals surface area contributed by atoms with E-state index in [0.717, 1.165) is 31.1 Å². The van der Waals surface area contributed by atoms with Crippen molar-refractivity contribution in [2.24, 2.45) is 28.6 Å². The molecule has 8 atom stereocenters. The summed E-state index contributed by atoms with van der Waals surface area (Å²) in [5, 5.41) is 13.7. The second kappa shape index (κ2) is 4.54. The summed E-state index contributed by atoms with van der Waals surface area (Å²) < 4.78 is 0. The first-order valence-electron chi connectivity index (χ1n) is 9.99. The number of carbonyl (C=O) groups excluding carboxylic acids is 1. The van der Waals surface area contributed by atoms with E-state index in [1.165, 1.54) is 31.3 Å². The van der Waals surface area contributed by atoms with E-state index in [1.807, 2.05) is 0 Å². The highest BCUT2D eigenvalue weighted by atomic mass is 16.3. The van der Waals surface area contributed by atoms with Crippen molar-refractivity contribution < 1.29 is 9.90 Å². The van der Waals surface area contributed by atoms with Crippen LogP contribution in [0.4, 0.5) is 0 Å². The van der Waals surface area contributed by atoms with Crippen LogP contribution in [0.25, 0.3) is 0 Å². The lowest BCUT2D eigenvalue weighted by molar-refractivity contribution is -0.126. The Labute approximate surface area is 145 Å². The topological polar surface area (TPSA) is 59.2 Å². The van der Waals surface area contributed by atoms with Crippen LogP contribution < -0.4 is 5.32 Å². The van der Waals surface area contributed by atoms with Crippen LogP contribution in [0.3, 0.4) is 0 Å². The van der Waals surface area contributed by atoms with Crippen LogP contribution in [0, 0.1) is 28.6 Å². The van der Waals surface area contributed by atoms with Crippen molar-refractivity contribution in [2.75, 3.05) is 0 Å². The molecule has 5 aliphatic rings. The quantitative estimate of drug-likeness (QED) is 0.573. The number of aliphatic hydroxyl groups excluding tert-OH is 1. The van der Waals surface area contributed by atoms with Gasteiger partial charge in [0.05, 0.1) is 11.6 Å². The second-order valence-corrected chi connectivity index (χ2v) is 9.91. The lowest BCUT2D eigenvalue weighted by atomic mass is 9.46. The van der Waals surface area contributed by atoms with E-state index in [4.69, 9.17) is 0 Å². The van der Waals surface area contributed by atoms with Crippen molar-refractivity contribution in [3.05, 3.63) is 11.6 Å². The van der Waals surface area contributed by atoms with Crippen LogP contribution in [0.5, 0.6) is 0 Å². The molecule has 3 saturated carbocycles. The summed E-state index contributed by atoms with van der Waals surface area (Å²) in [6.07, 6.45) is 10.2. The SMILES string of the molecule is CC(=O)[C@@]12N[C@@H]1C[C@@H]1[C@@H]3CC=C4C[C@@H](O)CC[C@]4(C)[C@H]3CC[C@@]12C. The number of ketones is 1. The average molecular weight is 329 g/mol. The molecular formula is C21H31NO2. The first kappa shape index (κ1) is 15.6. The van der Waals surface area contributed by atoms with Gasteiger partial charge in [-0.2, -0.15) is 0 Å². The molecule has 3 heteroatoms. The summed E-state index contributed by atoms with van der Waals surface area (Å²) >= 11 is 0. The minimum atomic E-state index is -0.198. The number of Topliss-reactive ketones (excluding diaryl/α,β-unsaturated/α-hetero) is 1. The van der Waals surface area contributed by atoms with E-state index in [9.17, 15) is 9.90 Å². The number of piperidine rings is 1. The number of nitrogens with one attached hydrogen (secondary N) is 1. The fourth-order valence-electron chi connectivity index (χ4n) is 7.92. The molecule has 4 fully saturated rings. The zero-order chi connectivity index (χ0) is 16.9. The molecular weight excluding hydrogens is 298 g/mol. The molecule has 5 rings (SSSR count).